The van der Waals surface area contributed by atoms with E-state index in [0.29, 0.717) is 17.1 Å². The van der Waals surface area contributed by atoms with Crippen LogP contribution in [0.25, 0.3) is 11.6 Å². The van der Waals surface area contributed by atoms with Gasteiger partial charge in [-0.05, 0) is 35.9 Å². The molecule has 7 nitrogen and oxygen atoms in total. The van der Waals surface area contributed by atoms with Crippen molar-refractivity contribution in [2.75, 3.05) is 17.2 Å². The molecule has 1 aromatic heterocycles. The average Bonchev–Trinajstić information content (AvgIpc) is 2.91. The topological polar surface area (TPSA) is 112 Å². The predicted molar refractivity (Wildman–Crippen MR) is 88.9 cm³/mol. The summed E-state index contributed by atoms with van der Waals surface area (Å²) in [5.74, 6) is -0.360. The number of nitrogens with one attached hydrogen (secondary N) is 2. The fourth-order valence-corrected chi connectivity index (χ4v) is 2.30. The van der Waals surface area contributed by atoms with Gasteiger partial charge in [0.25, 0.3) is 11.8 Å². The first kappa shape index (κ1) is 15.9. The van der Waals surface area contributed by atoms with E-state index in [-0.39, 0.29) is 5.91 Å². The molecule has 0 saturated carbocycles. The molecule has 24 heavy (non-hydrogen) atoms. The minimum Gasteiger partial charge on any atom is -0.393 e. The van der Waals surface area contributed by atoms with E-state index in [0.717, 1.165) is 11.1 Å². The molecule has 2 heterocycles. The van der Waals surface area contributed by atoms with Gasteiger partial charge in [-0.3, -0.25) is 9.59 Å². The summed E-state index contributed by atoms with van der Waals surface area (Å²) in [4.78, 5) is 27.6. The van der Waals surface area contributed by atoms with Crippen molar-refractivity contribution in [2.24, 2.45) is 0 Å². The number of carbonyl (C=O) groups excluding carboxylic acids is 2. The van der Waals surface area contributed by atoms with Crippen molar-refractivity contribution in [3.8, 4) is 0 Å². The van der Waals surface area contributed by atoms with Gasteiger partial charge in [-0.2, -0.15) is 0 Å². The number of pyridine rings is 1. The third kappa shape index (κ3) is 3.17. The average molecular weight is 325 g/mol. The lowest BCUT2D eigenvalue weighted by Crippen LogP contribution is -2.30. The molecule has 0 fully saturated rings. The normalized spacial score (nSPS) is 15.8. The highest BCUT2D eigenvalue weighted by molar-refractivity contribution is 6.34. The number of rotatable bonds is 4. The lowest BCUT2D eigenvalue weighted by molar-refractivity contribution is -0.125. The molecule has 0 saturated heterocycles. The largest absolute Gasteiger partial charge is 0.393 e. The van der Waals surface area contributed by atoms with Crippen LogP contribution in [0.4, 0.5) is 11.5 Å². The molecule has 1 unspecified atom stereocenters. The zero-order valence-electron chi connectivity index (χ0n) is 12.6. The van der Waals surface area contributed by atoms with Crippen LogP contribution in [-0.4, -0.2) is 39.7 Å². The van der Waals surface area contributed by atoms with Crippen LogP contribution in [0.2, 0.25) is 0 Å². The van der Waals surface area contributed by atoms with Crippen LogP contribution in [0, 0.1) is 0 Å². The summed E-state index contributed by atoms with van der Waals surface area (Å²) in [7, 11) is 0. The molecule has 0 spiro atoms. The van der Waals surface area contributed by atoms with Gasteiger partial charge in [0.2, 0.25) is 0 Å². The summed E-state index contributed by atoms with van der Waals surface area (Å²) < 4.78 is 0. The molecule has 2 aromatic rings. The fourth-order valence-electron chi connectivity index (χ4n) is 2.30. The molecular weight excluding hydrogens is 310 g/mol. The molecule has 4 N–H and O–H groups in total. The van der Waals surface area contributed by atoms with Gasteiger partial charge >= 0.3 is 0 Å². The van der Waals surface area contributed by atoms with Crippen LogP contribution < -0.4 is 10.6 Å². The number of amides is 2. The van der Waals surface area contributed by atoms with Gasteiger partial charge in [-0.1, -0.05) is 12.1 Å². The van der Waals surface area contributed by atoms with E-state index in [1.54, 1.807) is 42.6 Å². The molecule has 1 aliphatic heterocycles. The monoisotopic (exact) mass is 325 g/mol. The summed E-state index contributed by atoms with van der Waals surface area (Å²) in [6, 6.07) is 10.3. The Labute approximate surface area is 137 Å². The highest BCUT2D eigenvalue weighted by atomic mass is 16.3. The van der Waals surface area contributed by atoms with Crippen LogP contribution in [-0.2, 0) is 9.59 Å². The van der Waals surface area contributed by atoms with Gasteiger partial charge < -0.3 is 20.8 Å². The Morgan fingerprint density at radius 1 is 1.29 bits per heavy atom. The summed E-state index contributed by atoms with van der Waals surface area (Å²) in [6.07, 6.45) is 1.88. The number of aliphatic hydroxyl groups excluding tert-OH is 2. The van der Waals surface area contributed by atoms with Crippen molar-refractivity contribution in [3.63, 3.8) is 0 Å². The Hall–Kier alpha value is -3.03. The predicted octanol–water partition coefficient (Wildman–Crippen LogP) is 0.866. The van der Waals surface area contributed by atoms with Gasteiger partial charge in [-0.25, -0.2) is 4.98 Å². The number of aromatic nitrogens is 1. The number of fused-ring (bicyclic) bond motifs is 1. The van der Waals surface area contributed by atoms with Gasteiger partial charge in [-0.15, -0.1) is 0 Å². The molecule has 0 aliphatic carbocycles. The molecule has 7 heteroatoms. The second-order valence-electron chi connectivity index (χ2n) is 5.22. The Kier molecular flexibility index (Phi) is 4.37. The first-order chi connectivity index (χ1) is 11.6. The SMILES string of the molecule is O=C1Nc2ncccc2C1=Cc1ccc(NC(=O)C(O)CO)cc1. The molecule has 3 rings (SSSR count). The summed E-state index contributed by atoms with van der Waals surface area (Å²) in [5.41, 5.74) is 2.52. The number of aliphatic hydroxyl groups is 2. The molecule has 122 valence electrons. The van der Waals surface area contributed by atoms with Crippen molar-refractivity contribution >= 4 is 35.0 Å². The first-order valence-electron chi connectivity index (χ1n) is 7.27. The molecule has 0 bridgehead atoms. The number of hydrogen-bond donors (Lipinski definition) is 4. The second-order valence-corrected chi connectivity index (χ2v) is 5.22. The van der Waals surface area contributed by atoms with E-state index in [1.165, 1.54) is 0 Å². The lowest BCUT2D eigenvalue weighted by atomic mass is 10.1. The van der Waals surface area contributed by atoms with E-state index in [1.807, 2.05) is 6.07 Å². The van der Waals surface area contributed by atoms with Crippen molar-refractivity contribution in [2.45, 2.75) is 6.10 Å². The summed E-state index contributed by atoms with van der Waals surface area (Å²) in [5, 5.41) is 23.1. The molecule has 1 aromatic carbocycles. The number of carbonyl (C=O) groups is 2. The van der Waals surface area contributed by atoms with Crippen molar-refractivity contribution in [1.82, 2.24) is 4.98 Å². The van der Waals surface area contributed by atoms with Gasteiger partial charge in [0.05, 0.1) is 12.2 Å². The maximum atomic E-state index is 12.0. The van der Waals surface area contributed by atoms with Crippen LogP contribution in [0.1, 0.15) is 11.1 Å². The van der Waals surface area contributed by atoms with Crippen LogP contribution in [0.5, 0.6) is 0 Å². The Morgan fingerprint density at radius 3 is 2.75 bits per heavy atom. The fraction of sp³-hybridized carbons (Fsp3) is 0.118. The highest BCUT2D eigenvalue weighted by Gasteiger charge is 2.24. The standard InChI is InChI=1S/C17H15N3O4/c21-9-14(22)17(24)19-11-5-3-10(4-6-11)8-13-12-2-1-7-18-15(12)20-16(13)23/h1-8,14,21-22H,9H2,(H,19,24)(H,18,20,23). The van der Waals surface area contributed by atoms with E-state index >= 15 is 0 Å². The molecule has 1 aliphatic rings. The molecule has 1 atom stereocenters. The second kappa shape index (κ2) is 6.61. The Bertz CT molecular complexity index is 815. The molecule has 0 radical (unpaired) electrons. The summed E-state index contributed by atoms with van der Waals surface area (Å²) >= 11 is 0. The zero-order valence-corrected chi connectivity index (χ0v) is 12.6. The third-order valence-corrected chi connectivity index (χ3v) is 3.54. The van der Waals surface area contributed by atoms with Crippen molar-refractivity contribution in [3.05, 3.63) is 53.7 Å². The van der Waals surface area contributed by atoms with Crippen LogP contribution >= 0.6 is 0 Å². The summed E-state index contributed by atoms with van der Waals surface area (Å²) in [6.45, 7) is -0.640. The van der Waals surface area contributed by atoms with E-state index in [2.05, 4.69) is 15.6 Å². The number of hydrogen-bond acceptors (Lipinski definition) is 5. The van der Waals surface area contributed by atoms with E-state index < -0.39 is 18.6 Å². The van der Waals surface area contributed by atoms with E-state index in [9.17, 15) is 14.7 Å². The maximum Gasteiger partial charge on any atom is 0.257 e. The molecule has 2 amide bonds. The zero-order chi connectivity index (χ0) is 17.1. The van der Waals surface area contributed by atoms with Gasteiger partial charge in [0, 0.05) is 17.4 Å². The van der Waals surface area contributed by atoms with E-state index in [4.69, 9.17) is 5.11 Å². The molecular formula is C17H15N3O4. The minimum atomic E-state index is -1.46. The quantitative estimate of drug-likeness (QED) is 0.623. The highest BCUT2D eigenvalue weighted by Crippen LogP contribution is 2.31. The van der Waals surface area contributed by atoms with Crippen molar-refractivity contribution in [1.29, 1.82) is 0 Å². The number of nitrogens with zero attached hydrogens (tertiary/aromatic N) is 1. The third-order valence-electron chi connectivity index (χ3n) is 3.54. The van der Waals surface area contributed by atoms with Crippen molar-refractivity contribution < 1.29 is 19.8 Å². The lowest BCUT2D eigenvalue weighted by Gasteiger charge is -2.08. The smallest absolute Gasteiger partial charge is 0.257 e. The Morgan fingerprint density at radius 2 is 2.04 bits per heavy atom. The first-order valence-corrected chi connectivity index (χ1v) is 7.27. The number of benzene rings is 1. The van der Waals surface area contributed by atoms with Crippen LogP contribution in [0.3, 0.4) is 0 Å². The van der Waals surface area contributed by atoms with Gasteiger partial charge in [0.15, 0.2) is 6.10 Å². The van der Waals surface area contributed by atoms with Gasteiger partial charge in [0.1, 0.15) is 5.82 Å². The number of anilines is 2. The minimum absolute atomic E-state index is 0.216. The maximum absolute atomic E-state index is 12.0. The Balaban J connectivity index is 1.80. The van der Waals surface area contributed by atoms with Crippen LogP contribution in [0.15, 0.2) is 42.6 Å².